The van der Waals surface area contributed by atoms with Crippen molar-refractivity contribution in [3.05, 3.63) is 11.1 Å². The summed E-state index contributed by atoms with van der Waals surface area (Å²) in [5.41, 5.74) is 3.37. The highest BCUT2D eigenvalue weighted by Crippen LogP contribution is 2.54. The number of thioether (sulfide) groups is 2. The molecule has 220 valence electrons. The minimum Gasteiger partial charge on any atom is -0.427 e. The van der Waals surface area contributed by atoms with E-state index in [2.05, 4.69) is 15.5 Å². The van der Waals surface area contributed by atoms with Crippen molar-refractivity contribution in [3.63, 3.8) is 0 Å². The van der Waals surface area contributed by atoms with E-state index >= 15 is 0 Å². The van der Waals surface area contributed by atoms with Gasteiger partial charge in [-0.05, 0) is 46.3 Å². The number of esters is 2. The number of oxime groups is 1. The Morgan fingerprint density at radius 1 is 1.35 bits per heavy atom. The second kappa shape index (κ2) is 12.1. The molecule has 1 aromatic rings. The second-order valence-electron chi connectivity index (χ2n) is 10.7. The van der Waals surface area contributed by atoms with Crippen molar-refractivity contribution < 1.29 is 38.6 Å². The molecule has 2 amide bonds. The molecule has 0 aromatic carbocycles. The molecule has 3 fully saturated rings. The number of nitrogens with two attached hydrogens (primary N) is 1. The van der Waals surface area contributed by atoms with Crippen molar-refractivity contribution in [1.29, 1.82) is 0 Å². The number of fused-ring (bicyclic) bond motifs is 1. The van der Waals surface area contributed by atoms with Crippen LogP contribution in [-0.2, 0) is 33.4 Å². The number of rotatable bonds is 8. The Bertz CT molecular complexity index is 1180. The predicted octanol–water partition coefficient (Wildman–Crippen LogP) is 1.64. The SMILES string of the molecule is CSC1S[C@@H]2C(NC(=O)C(=NO)c3csc(N)n3)C(=O)N2CC1(C(=O)OCOC(=O)C(C)(C)C)C1CCCCO1. The van der Waals surface area contributed by atoms with Gasteiger partial charge in [-0.25, -0.2) is 4.98 Å². The Morgan fingerprint density at radius 2 is 2.10 bits per heavy atom. The van der Waals surface area contributed by atoms with Gasteiger partial charge in [0.25, 0.3) is 5.91 Å². The minimum atomic E-state index is -1.23. The Kier molecular flexibility index (Phi) is 9.21. The molecule has 3 aliphatic heterocycles. The molecule has 3 saturated heterocycles. The van der Waals surface area contributed by atoms with Crippen LogP contribution in [0.4, 0.5) is 5.13 Å². The zero-order chi connectivity index (χ0) is 29.2. The summed E-state index contributed by atoms with van der Waals surface area (Å²) in [6.45, 7) is 5.04. The molecule has 3 aliphatic rings. The number of nitrogens with one attached hydrogen (secondary N) is 1. The highest BCUT2D eigenvalue weighted by Gasteiger charge is 2.65. The third kappa shape index (κ3) is 5.76. The van der Waals surface area contributed by atoms with Gasteiger partial charge >= 0.3 is 11.9 Å². The van der Waals surface area contributed by atoms with Crippen molar-refractivity contribution in [3.8, 4) is 0 Å². The summed E-state index contributed by atoms with van der Waals surface area (Å²) in [6.07, 6.45) is 3.66. The van der Waals surface area contributed by atoms with Crippen molar-refractivity contribution in [2.75, 3.05) is 31.9 Å². The van der Waals surface area contributed by atoms with Gasteiger partial charge in [-0.2, -0.15) is 0 Å². The summed E-state index contributed by atoms with van der Waals surface area (Å²) in [5.74, 6) is -2.29. The predicted molar refractivity (Wildman–Crippen MR) is 150 cm³/mol. The normalized spacial score (nSPS) is 28.8. The fourth-order valence-electron chi connectivity index (χ4n) is 4.85. The number of thiazole rings is 1. The van der Waals surface area contributed by atoms with Gasteiger partial charge in [-0.3, -0.25) is 19.2 Å². The summed E-state index contributed by atoms with van der Waals surface area (Å²) >= 11 is 3.86. The van der Waals surface area contributed by atoms with Crippen LogP contribution < -0.4 is 11.1 Å². The molecule has 1 aromatic heterocycles. The van der Waals surface area contributed by atoms with E-state index in [0.717, 1.165) is 24.2 Å². The molecular formula is C24H33N5O8S3. The molecule has 4 unspecified atom stereocenters. The van der Waals surface area contributed by atoms with Crippen molar-refractivity contribution in [1.82, 2.24) is 15.2 Å². The molecule has 16 heteroatoms. The third-order valence-electron chi connectivity index (χ3n) is 6.96. The van der Waals surface area contributed by atoms with Crippen LogP contribution in [0.25, 0.3) is 0 Å². The van der Waals surface area contributed by atoms with E-state index in [9.17, 15) is 24.4 Å². The Hall–Kier alpha value is -2.56. The zero-order valence-corrected chi connectivity index (χ0v) is 25.0. The molecule has 0 saturated carbocycles. The fourth-order valence-corrected chi connectivity index (χ4v) is 8.41. The number of anilines is 1. The Balaban J connectivity index is 1.52. The number of ether oxygens (including phenoxy) is 3. The summed E-state index contributed by atoms with van der Waals surface area (Å²) in [5, 5.41) is 16.3. The molecule has 0 radical (unpaired) electrons. The summed E-state index contributed by atoms with van der Waals surface area (Å²) in [4.78, 5) is 57.6. The number of carbonyl (C=O) groups excluding carboxylic acids is 4. The lowest BCUT2D eigenvalue weighted by Crippen LogP contribution is -2.76. The van der Waals surface area contributed by atoms with Gasteiger partial charge in [-0.1, -0.05) is 5.16 Å². The van der Waals surface area contributed by atoms with Crippen molar-refractivity contribution in [2.24, 2.45) is 16.0 Å². The lowest BCUT2D eigenvalue weighted by Gasteiger charge is -2.58. The number of nitrogens with zero attached hydrogens (tertiary/aromatic N) is 3. The molecule has 0 spiro atoms. The molecule has 0 aliphatic carbocycles. The van der Waals surface area contributed by atoms with E-state index in [1.54, 1.807) is 20.8 Å². The average molecular weight is 616 g/mol. The number of hydrogen-bond acceptors (Lipinski definition) is 14. The van der Waals surface area contributed by atoms with Crippen molar-refractivity contribution in [2.45, 2.75) is 62.1 Å². The highest BCUT2D eigenvalue weighted by molar-refractivity contribution is 8.17. The molecule has 5 atom stereocenters. The number of nitrogen functional groups attached to an aromatic ring is 1. The first-order valence-corrected chi connectivity index (χ1v) is 15.7. The topological polar surface area (TPSA) is 183 Å². The number of hydrogen-bond donors (Lipinski definition) is 3. The van der Waals surface area contributed by atoms with Gasteiger partial charge in [-0.15, -0.1) is 34.9 Å². The monoisotopic (exact) mass is 615 g/mol. The third-order valence-corrected chi connectivity index (χ3v) is 10.9. The Labute approximate surface area is 243 Å². The van der Waals surface area contributed by atoms with E-state index in [4.69, 9.17) is 19.9 Å². The maximum atomic E-state index is 13.8. The quantitative estimate of drug-likeness (QED) is 0.0961. The lowest BCUT2D eigenvalue weighted by atomic mass is 9.78. The van der Waals surface area contributed by atoms with E-state index in [-0.39, 0.29) is 23.1 Å². The van der Waals surface area contributed by atoms with Crippen LogP contribution in [0.1, 0.15) is 45.7 Å². The highest BCUT2D eigenvalue weighted by atomic mass is 32.2. The zero-order valence-electron chi connectivity index (χ0n) is 22.6. The summed E-state index contributed by atoms with van der Waals surface area (Å²) < 4.78 is 16.4. The largest absolute Gasteiger partial charge is 0.427 e. The van der Waals surface area contributed by atoms with Gasteiger partial charge in [0.15, 0.2) is 10.8 Å². The second-order valence-corrected chi connectivity index (χ2v) is 14.0. The van der Waals surface area contributed by atoms with Crippen LogP contribution in [0, 0.1) is 10.8 Å². The molecule has 4 rings (SSSR count). The van der Waals surface area contributed by atoms with E-state index in [0.29, 0.717) is 13.0 Å². The molecule has 40 heavy (non-hydrogen) atoms. The van der Waals surface area contributed by atoms with Gasteiger partial charge in [0.05, 0.1) is 16.1 Å². The molecule has 13 nitrogen and oxygen atoms in total. The first-order chi connectivity index (χ1) is 18.9. The van der Waals surface area contributed by atoms with Crippen molar-refractivity contribution >= 4 is 69.5 Å². The molecule has 0 bridgehead atoms. The van der Waals surface area contributed by atoms with Crippen LogP contribution in [0.15, 0.2) is 10.5 Å². The van der Waals surface area contributed by atoms with Gasteiger partial charge < -0.3 is 35.4 Å². The van der Waals surface area contributed by atoms with Crippen LogP contribution in [0.2, 0.25) is 0 Å². The van der Waals surface area contributed by atoms with Crippen LogP contribution in [0.3, 0.4) is 0 Å². The molecule has 4 N–H and O–H groups in total. The van der Waals surface area contributed by atoms with Crippen LogP contribution in [-0.4, -0.2) is 92.9 Å². The number of aromatic nitrogens is 1. The molecule has 4 heterocycles. The summed E-state index contributed by atoms with van der Waals surface area (Å²) in [6, 6.07) is -0.908. The summed E-state index contributed by atoms with van der Waals surface area (Å²) in [7, 11) is 0. The van der Waals surface area contributed by atoms with Gasteiger partial charge in [0.2, 0.25) is 12.7 Å². The van der Waals surface area contributed by atoms with Gasteiger partial charge in [0.1, 0.15) is 22.5 Å². The average Bonchev–Trinajstić information content (AvgIpc) is 3.36. The lowest BCUT2D eigenvalue weighted by molar-refractivity contribution is -0.191. The number of β-lactam (4-membered cyclic amide) rings is 1. The van der Waals surface area contributed by atoms with E-state index in [1.165, 1.54) is 33.8 Å². The maximum absolute atomic E-state index is 13.8. The number of amides is 2. The first-order valence-electron chi connectivity index (χ1n) is 12.6. The first kappa shape index (κ1) is 30.4. The Morgan fingerprint density at radius 3 is 2.67 bits per heavy atom. The van der Waals surface area contributed by atoms with E-state index in [1.807, 2.05) is 6.26 Å². The fraction of sp³-hybridized carbons (Fsp3) is 0.667. The number of carbonyl (C=O) groups is 4. The smallest absolute Gasteiger partial charge is 0.321 e. The standard InChI is InChI=1S/C24H33N5O8S3/c1-23(2,3)19(32)36-11-37-20(33)24(13-7-5-6-8-35-13)10-29-17(31)15(18(29)40-21(24)38-4)27-16(30)14(28-34)12-9-39-22(25)26-12/h9,13,15,18,21,34H,5-8,10-11H2,1-4H3,(H2,25,26)(H,27,30)/t13?,15?,18-,21?,24?/m1/s1. The van der Waals surface area contributed by atoms with Gasteiger partial charge in [0, 0.05) is 18.5 Å². The maximum Gasteiger partial charge on any atom is 0.321 e. The minimum absolute atomic E-state index is 0.0155. The van der Waals surface area contributed by atoms with E-state index < -0.39 is 63.5 Å². The van der Waals surface area contributed by atoms with Crippen LogP contribution >= 0.6 is 34.9 Å². The van der Waals surface area contributed by atoms with Crippen LogP contribution in [0.5, 0.6) is 0 Å². The molecular weight excluding hydrogens is 582 g/mol.